The van der Waals surface area contributed by atoms with Gasteiger partial charge in [-0.2, -0.15) is 0 Å². The van der Waals surface area contributed by atoms with Gasteiger partial charge >= 0.3 is 0 Å². The summed E-state index contributed by atoms with van der Waals surface area (Å²) in [5, 5.41) is 0. The molecule has 0 aliphatic heterocycles. The molecular formula is C20H32N2. The van der Waals surface area contributed by atoms with E-state index < -0.39 is 0 Å². The Morgan fingerprint density at radius 2 is 1.59 bits per heavy atom. The van der Waals surface area contributed by atoms with Crippen molar-refractivity contribution < 1.29 is 0 Å². The summed E-state index contributed by atoms with van der Waals surface area (Å²) in [5.74, 6) is 2.84. The van der Waals surface area contributed by atoms with Crippen LogP contribution in [0.4, 0.5) is 0 Å². The lowest BCUT2D eigenvalue weighted by atomic mass is 9.75. The van der Waals surface area contributed by atoms with Gasteiger partial charge in [0.1, 0.15) is 5.82 Å². The molecule has 2 unspecified atom stereocenters. The Bertz CT molecular complexity index is 566. The molecule has 3 rings (SSSR count). The lowest BCUT2D eigenvalue weighted by molar-refractivity contribution is 0.344. The molecular weight excluding hydrogens is 268 g/mol. The van der Waals surface area contributed by atoms with Crippen molar-refractivity contribution >= 4 is 0 Å². The van der Waals surface area contributed by atoms with E-state index in [-0.39, 0.29) is 10.8 Å². The zero-order valence-electron chi connectivity index (χ0n) is 15.3. The van der Waals surface area contributed by atoms with E-state index >= 15 is 0 Å². The zero-order valence-corrected chi connectivity index (χ0v) is 15.3. The van der Waals surface area contributed by atoms with Crippen molar-refractivity contribution in [3.8, 4) is 0 Å². The van der Waals surface area contributed by atoms with E-state index in [0.717, 1.165) is 24.1 Å². The van der Waals surface area contributed by atoms with E-state index in [4.69, 9.17) is 9.97 Å². The number of nitrogens with zero attached hydrogens (tertiary/aromatic N) is 2. The summed E-state index contributed by atoms with van der Waals surface area (Å²) in [7, 11) is 0. The van der Waals surface area contributed by atoms with Gasteiger partial charge in [0.2, 0.25) is 0 Å². The number of hydrogen-bond donors (Lipinski definition) is 0. The van der Waals surface area contributed by atoms with Crippen LogP contribution in [0.25, 0.3) is 0 Å². The third kappa shape index (κ3) is 2.70. The maximum absolute atomic E-state index is 5.10. The third-order valence-corrected chi connectivity index (χ3v) is 6.03. The summed E-state index contributed by atoms with van der Waals surface area (Å²) in [6.07, 6.45) is 7.73. The molecule has 0 N–H and O–H groups in total. The first-order chi connectivity index (χ1) is 10.2. The van der Waals surface area contributed by atoms with Crippen LogP contribution in [0, 0.1) is 11.8 Å². The molecule has 2 aliphatic rings. The Morgan fingerprint density at radius 3 is 2.18 bits per heavy atom. The monoisotopic (exact) mass is 300 g/mol. The van der Waals surface area contributed by atoms with Gasteiger partial charge in [0.15, 0.2) is 0 Å². The average molecular weight is 300 g/mol. The molecule has 1 saturated carbocycles. The smallest absolute Gasteiger partial charge is 0.134 e. The molecule has 1 aromatic heterocycles. The summed E-state index contributed by atoms with van der Waals surface area (Å²) >= 11 is 0. The maximum atomic E-state index is 5.10. The second-order valence-corrected chi connectivity index (χ2v) is 9.17. The van der Waals surface area contributed by atoms with E-state index in [0.29, 0.717) is 0 Å². The number of fused-ring (bicyclic) bond motifs is 2. The summed E-state index contributed by atoms with van der Waals surface area (Å²) < 4.78 is 0. The molecule has 0 spiro atoms. The predicted octanol–water partition coefficient (Wildman–Crippen LogP) is 4.98. The van der Waals surface area contributed by atoms with Gasteiger partial charge in [0.25, 0.3) is 0 Å². The molecule has 1 fully saturated rings. The van der Waals surface area contributed by atoms with Crippen LogP contribution in [0.1, 0.15) is 90.0 Å². The first kappa shape index (κ1) is 16.0. The van der Waals surface area contributed by atoms with Crippen molar-refractivity contribution in [2.75, 3.05) is 0 Å². The predicted molar refractivity (Wildman–Crippen MR) is 92.3 cm³/mol. The first-order valence-electron chi connectivity index (χ1n) is 9.13. The third-order valence-electron chi connectivity index (χ3n) is 6.03. The molecule has 122 valence electrons. The van der Waals surface area contributed by atoms with Gasteiger partial charge in [0.05, 0.1) is 5.69 Å². The minimum Gasteiger partial charge on any atom is -0.237 e. The van der Waals surface area contributed by atoms with Crippen LogP contribution in [-0.2, 0) is 23.7 Å². The van der Waals surface area contributed by atoms with Crippen LogP contribution < -0.4 is 0 Å². The van der Waals surface area contributed by atoms with Crippen molar-refractivity contribution in [2.45, 2.75) is 90.9 Å². The van der Waals surface area contributed by atoms with E-state index in [1.54, 1.807) is 0 Å². The Balaban J connectivity index is 2.12. The van der Waals surface area contributed by atoms with Gasteiger partial charge in [-0.1, -0.05) is 48.0 Å². The minimum atomic E-state index is 0.0710. The minimum absolute atomic E-state index is 0.0710. The van der Waals surface area contributed by atoms with Gasteiger partial charge in [-0.25, -0.2) is 9.97 Å². The van der Waals surface area contributed by atoms with Crippen LogP contribution in [-0.4, -0.2) is 9.97 Å². The quantitative estimate of drug-likeness (QED) is 0.770. The SMILES string of the molecule is CCC(C)(C)c1nc2c(c(C(C)(C)C)n1)CC1CCCC1C2. The van der Waals surface area contributed by atoms with E-state index in [9.17, 15) is 0 Å². The van der Waals surface area contributed by atoms with Crippen LogP contribution >= 0.6 is 0 Å². The lowest BCUT2D eigenvalue weighted by Crippen LogP contribution is -2.31. The van der Waals surface area contributed by atoms with Gasteiger partial charge in [-0.05, 0) is 49.5 Å². The molecule has 0 amide bonds. The fourth-order valence-electron chi connectivity index (χ4n) is 4.16. The molecule has 0 saturated heterocycles. The summed E-state index contributed by atoms with van der Waals surface area (Å²) in [4.78, 5) is 10.2. The molecule has 1 aromatic rings. The maximum Gasteiger partial charge on any atom is 0.134 e. The molecule has 22 heavy (non-hydrogen) atoms. The molecule has 0 aromatic carbocycles. The van der Waals surface area contributed by atoms with Gasteiger partial charge in [-0.15, -0.1) is 0 Å². The molecule has 0 radical (unpaired) electrons. The normalized spacial score (nSPS) is 25.0. The fourth-order valence-corrected chi connectivity index (χ4v) is 4.16. The zero-order chi connectivity index (χ0) is 16.1. The number of rotatable bonds is 2. The summed E-state index contributed by atoms with van der Waals surface area (Å²) in [5.41, 5.74) is 4.36. The van der Waals surface area contributed by atoms with Crippen molar-refractivity contribution in [3.63, 3.8) is 0 Å². The highest BCUT2D eigenvalue weighted by molar-refractivity contribution is 5.35. The molecule has 1 heterocycles. The van der Waals surface area contributed by atoms with Gasteiger partial charge in [0, 0.05) is 16.5 Å². The molecule has 2 atom stereocenters. The molecule has 2 nitrogen and oxygen atoms in total. The standard InChI is InChI=1S/C20H32N2/c1-7-20(5,6)18-21-16-12-14-10-8-9-13(14)11-15(16)17(22-18)19(2,3)4/h13-14H,7-12H2,1-6H3. The van der Waals surface area contributed by atoms with Gasteiger partial charge < -0.3 is 0 Å². The van der Waals surface area contributed by atoms with Crippen molar-refractivity contribution in [1.82, 2.24) is 9.97 Å². The molecule has 0 bridgehead atoms. The first-order valence-corrected chi connectivity index (χ1v) is 9.13. The fraction of sp³-hybridized carbons (Fsp3) is 0.800. The Hall–Kier alpha value is -0.920. The summed E-state index contributed by atoms with van der Waals surface area (Å²) in [6, 6.07) is 0. The molecule has 2 heteroatoms. The van der Waals surface area contributed by atoms with E-state index in [1.165, 1.54) is 49.1 Å². The Morgan fingerprint density at radius 1 is 0.955 bits per heavy atom. The van der Waals surface area contributed by atoms with Gasteiger partial charge in [-0.3, -0.25) is 0 Å². The highest BCUT2D eigenvalue weighted by atomic mass is 14.9. The van der Waals surface area contributed by atoms with Crippen LogP contribution in [0.3, 0.4) is 0 Å². The second kappa shape index (κ2) is 5.32. The Kier molecular flexibility index (Phi) is 3.86. The number of hydrogen-bond acceptors (Lipinski definition) is 2. The lowest BCUT2D eigenvalue weighted by Gasteiger charge is -2.34. The topological polar surface area (TPSA) is 25.8 Å². The second-order valence-electron chi connectivity index (χ2n) is 9.17. The van der Waals surface area contributed by atoms with Crippen LogP contribution in [0.15, 0.2) is 0 Å². The van der Waals surface area contributed by atoms with E-state index in [2.05, 4.69) is 41.5 Å². The summed E-state index contributed by atoms with van der Waals surface area (Å²) in [6.45, 7) is 13.7. The van der Waals surface area contributed by atoms with Crippen LogP contribution in [0.2, 0.25) is 0 Å². The average Bonchev–Trinajstić information content (AvgIpc) is 2.89. The highest BCUT2D eigenvalue weighted by Gasteiger charge is 2.37. The van der Waals surface area contributed by atoms with Crippen LogP contribution in [0.5, 0.6) is 0 Å². The Labute approximate surface area is 136 Å². The number of aromatic nitrogens is 2. The largest absolute Gasteiger partial charge is 0.237 e. The highest BCUT2D eigenvalue weighted by Crippen LogP contribution is 2.43. The van der Waals surface area contributed by atoms with Crippen molar-refractivity contribution in [3.05, 3.63) is 22.8 Å². The molecule has 2 aliphatic carbocycles. The van der Waals surface area contributed by atoms with Crippen molar-refractivity contribution in [2.24, 2.45) is 11.8 Å². The van der Waals surface area contributed by atoms with Crippen molar-refractivity contribution in [1.29, 1.82) is 0 Å². The van der Waals surface area contributed by atoms with E-state index in [1.807, 2.05) is 0 Å².